The van der Waals surface area contributed by atoms with E-state index in [1.165, 1.54) is 0 Å². The Bertz CT molecular complexity index is 1090. The van der Waals surface area contributed by atoms with Gasteiger partial charge in [0.15, 0.2) is 6.10 Å². The summed E-state index contributed by atoms with van der Waals surface area (Å²) in [5.74, 6) is 6.20. The summed E-state index contributed by atoms with van der Waals surface area (Å²) in [7, 11) is 0. The van der Waals surface area contributed by atoms with Crippen molar-refractivity contribution in [3.05, 3.63) is 99.3 Å². The molecule has 28 heavy (non-hydrogen) atoms. The summed E-state index contributed by atoms with van der Waals surface area (Å²) in [6, 6.07) is 16.2. The Balaban J connectivity index is 1.67. The molecule has 0 unspecified atom stereocenters. The number of ether oxygens (including phenoxy) is 1. The van der Waals surface area contributed by atoms with Gasteiger partial charge in [0.1, 0.15) is 6.04 Å². The number of nitrogens with zero attached hydrogens (tertiary/aromatic N) is 1. The van der Waals surface area contributed by atoms with Crippen LogP contribution in [0, 0.1) is 11.8 Å². The average Bonchev–Trinajstić information content (AvgIpc) is 3.11. The third-order valence-electron chi connectivity index (χ3n) is 4.32. The van der Waals surface area contributed by atoms with Gasteiger partial charge >= 0.3 is 6.09 Å². The molecule has 2 atom stereocenters. The fraction of sp³-hybridized carbons (Fsp3) is 0.0909. The van der Waals surface area contributed by atoms with E-state index in [1.807, 2.05) is 36.4 Å². The molecule has 3 aromatic rings. The fourth-order valence-electron chi connectivity index (χ4n) is 3.02. The number of hydrogen-bond donors (Lipinski definition) is 1. The molecule has 1 amide bonds. The smallest absolute Gasteiger partial charge is 0.408 e. The number of hydrogen-bond acceptors (Lipinski definition) is 3. The molecular weight excluding hydrogens is 395 g/mol. The molecule has 1 saturated heterocycles. The number of nitrogens with one attached hydrogen (secondary N) is 1. The molecule has 1 fully saturated rings. The molecule has 0 aliphatic carbocycles. The van der Waals surface area contributed by atoms with Crippen molar-refractivity contribution in [2.24, 2.45) is 0 Å². The van der Waals surface area contributed by atoms with Crippen LogP contribution in [0.2, 0.25) is 10.0 Å². The molecule has 138 valence electrons. The Morgan fingerprint density at radius 1 is 0.964 bits per heavy atom. The SMILES string of the molecule is O=C1N[C@H](c2cncc(C#Cc3ccccc3)c2)[C@H](c2cc(Cl)ccc2Cl)O1. The molecule has 0 saturated carbocycles. The maximum atomic E-state index is 11.9. The topological polar surface area (TPSA) is 51.2 Å². The van der Waals surface area contributed by atoms with E-state index in [-0.39, 0.29) is 0 Å². The molecule has 0 spiro atoms. The Morgan fingerprint density at radius 2 is 1.75 bits per heavy atom. The number of rotatable bonds is 2. The summed E-state index contributed by atoms with van der Waals surface area (Å²) in [6.07, 6.45) is 2.22. The van der Waals surface area contributed by atoms with Crippen LogP contribution in [0.1, 0.15) is 34.4 Å². The first-order chi connectivity index (χ1) is 13.6. The van der Waals surface area contributed by atoms with Gasteiger partial charge in [-0.05, 0) is 42.0 Å². The number of aromatic nitrogens is 1. The molecule has 4 rings (SSSR count). The Hall–Kier alpha value is -3.00. The maximum absolute atomic E-state index is 11.9. The van der Waals surface area contributed by atoms with E-state index in [0.717, 1.165) is 16.7 Å². The molecule has 0 bridgehead atoms. The highest BCUT2D eigenvalue weighted by atomic mass is 35.5. The predicted molar refractivity (Wildman–Crippen MR) is 108 cm³/mol. The van der Waals surface area contributed by atoms with Crippen LogP contribution in [0.5, 0.6) is 0 Å². The molecule has 4 nitrogen and oxygen atoms in total. The maximum Gasteiger partial charge on any atom is 0.408 e. The molecular formula is C22H14Cl2N2O2. The molecule has 0 radical (unpaired) electrons. The predicted octanol–water partition coefficient (Wildman–Crippen LogP) is 5.31. The van der Waals surface area contributed by atoms with Crippen LogP contribution in [0.25, 0.3) is 0 Å². The molecule has 6 heteroatoms. The quantitative estimate of drug-likeness (QED) is 0.584. The second kappa shape index (κ2) is 7.93. The largest absolute Gasteiger partial charge is 0.439 e. The van der Waals surface area contributed by atoms with Gasteiger partial charge in [0.05, 0.1) is 0 Å². The highest BCUT2D eigenvalue weighted by Crippen LogP contribution is 2.40. The van der Waals surface area contributed by atoms with E-state index in [2.05, 4.69) is 22.1 Å². The second-order valence-corrected chi connectivity index (χ2v) is 7.08. The first kappa shape index (κ1) is 18.4. The van der Waals surface area contributed by atoms with Crippen LogP contribution < -0.4 is 5.32 Å². The van der Waals surface area contributed by atoms with Crippen LogP contribution in [-0.2, 0) is 4.74 Å². The van der Waals surface area contributed by atoms with Gasteiger partial charge in [0, 0.05) is 39.1 Å². The summed E-state index contributed by atoms with van der Waals surface area (Å²) in [4.78, 5) is 16.2. The lowest BCUT2D eigenvalue weighted by Gasteiger charge is -2.19. The van der Waals surface area contributed by atoms with Crippen LogP contribution in [0.15, 0.2) is 67.0 Å². The minimum Gasteiger partial charge on any atom is -0.439 e. The lowest BCUT2D eigenvalue weighted by molar-refractivity contribution is 0.132. The van der Waals surface area contributed by atoms with E-state index >= 15 is 0 Å². The van der Waals surface area contributed by atoms with Crippen LogP contribution in [-0.4, -0.2) is 11.1 Å². The molecule has 1 aliphatic heterocycles. The van der Waals surface area contributed by atoms with Gasteiger partial charge < -0.3 is 10.1 Å². The van der Waals surface area contributed by atoms with Crippen molar-refractivity contribution in [2.75, 3.05) is 0 Å². The number of alkyl carbamates (subject to hydrolysis) is 1. The van der Waals surface area contributed by atoms with E-state index in [4.69, 9.17) is 27.9 Å². The van der Waals surface area contributed by atoms with Gasteiger partial charge in [-0.3, -0.25) is 4.98 Å². The number of cyclic esters (lactones) is 1. The lowest BCUT2D eigenvalue weighted by Crippen LogP contribution is -2.20. The van der Waals surface area contributed by atoms with Crippen molar-refractivity contribution >= 4 is 29.3 Å². The summed E-state index contributed by atoms with van der Waals surface area (Å²) in [5, 5.41) is 3.81. The van der Waals surface area contributed by atoms with Crippen LogP contribution >= 0.6 is 23.2 Å². The fourth-order valence-corrected chi connectivity index (χ4v) is 3.42. The van der Waals surface area contributed by atoms with E-state index in [0.29, 0.717) is 15.6 Å². The lowest BCUT2D eigenvalue weighted by atomic mass is 9.97. The van der Waals surface area contributed by atoms with Crippen LogP contribution in [0.3, 0.4) is 0 Å². The van der Waals surface area contributed by atoms with Gasteiger partial charge in [0.2, 0.25) is 0 Å². The van der Waals surface area contributed by atoms with Gasteiger partial charge in [-0.15, -0.1) is 0 Å². The van der Waals surface area contributed by atoms with Crippen molar-refractivity contribution < 1.29 is 9.53 Å². The zero-order valence-corrected chi connectivity index (χ0v) is 16.0. The number of amides is 1. The van der Waals surface area contributed by atoms with Crippen molar-refractivity contribution in [3.8, 4) is 11.8 Å². The first-order valence-corrected chi connectivity index (χ1v) is 9.30. The van der Waals surface area contributed by atoms with Crippen molar-refractivity contribution in [1.82, 2.24) is 10.3 Å². The molecule has 2 aromatic carbocycles. The highest BCUT2D eigenvalue weighted by molar-refractivity contribution is 6.33. The third-order valence-corrected chi connectivity index (χ3v) is 4.90. The Kier molecular flexibility index (Phi) is 5.21. The summed E-state index contributed by atoms with van der Waals surface area (Å²) < 4.78 is 5.46. The number of halogens is 2. The molecule has 2 heterocycles. The highest BCUT2D eigenvalue weighted by Gasteiger charge is 2.38. The van der Waals surface area contributed by atoms with Gasteiger partial charge in [-0.25, -0.2) is 4.79 Å². The van der Waals surface area contributed by atoms with Gasteiger partial charge in [0.25, 0.3) is 0 Å². The minimum absolute atomic E-state index is 0.450. The normalized spacial score (nSPS) is 18.0. The summed E-state index contributed by atoms with van der Waals surface area (Å²) >= 11 is 12.4. The zero-order chi connectivity index (χ0) is 19.5. The molecule has 1 N–H and O–H groups in total. The molecule has 1 aliphatic rings. The van der Waals surface area contributed by atoms with Gasteiger partial charge in [-0.1, -0.05) is 53.2 Å². The van der Waals surface area contributed by atoms with E-state index in [1.54, 1.807) is 30.6 Å². The number of carbonyl (C=O) groups is 1. The first-order valence-electron chi connectivity index (χ1n) is 8.54. The van der Waals surface area contributed by atoms with Crippen LogP contribution in [0.4, 0.5) is 4.79 Å². The number of pyridine rings is 1. The van der Waals surface area contributed by atoms with Gasteiger partial charge in [-0.2, -0.15) is 0 Å². The summed E-state index contributed by atoms with van der Waals surface area (Å²) in [6.45, 7) is 0. The Morgan fingerprint density at radius 3 is 2.57 bits per heavy atom. The average molecular weight is 409 g/mol. The second-order valence-electron chi connectivity index (χ2n) is 6.24. The van der Waals surface area contributed by atoms with Crippen molar-refractivity contribution in [1.29, 1.82) is 0 Å². The number of benzene rings is 2. The summed E-state index contributed by atoms with van der Waals surface area (Å²) in [5.41, 5.74) is 3.05. The zero-order valence-electron chi connectivity index (χ0n) is 14.5. The number of carbonyl (C=O) groups excluding carboxylic acids is 1. The van der Waals surface area contributed by atoms with E-state index in [9.17, 15) is 4.79 Å². The standard InChI is InChI=1S/C22H14Cl2N2O2/c23-17-8-9-19(24)18(11-17)21-20(26-22(27)28-21)16-10-15(12-25-13-16)7-6-14-4-2-1-3-5-14/h1-5,8-13,20-21H,(H,26,27)/t20-,21+/m1/s1. The van der Waals surface area contributed by atoms with E-state index < -0.39 is 18.2 Å². The third kappa shape index (κ3) is 3.96. The van der Waals surface area contributed by atoms with Crippen molar-refractivity contribution in [3.63, 3.8) is 0 Å². The van der Waals surface area contributed by atoms with Crippen molar-refractivity contribution in [2.45, 2.75) is 12.1 Å². The minimum atomic E-state index is -0.613. The Labute approximate surface area is 172 Å². The monoisotopic (exact) mass is 408 g/mol. The molecule has 1 aromatic heterocycles.